The molecular weight excluding hydrogens is 312 g/mol. The Morgan fingerprint density at radius 2 is 1.82 bits per heavy atom. The smallest absolute Gasteiger partial charge is 0.238 e. The van der Waals surface area contributed by atoms with Gasteiger partial charge in [-0.15, -0.1) is 0 Å². The Balaban J connectivity index is 2.10. The highest BCUT2D eigenvalue weighted by Gasteiger charge is 2.27. The van der Waals surface area contributed by atoms with Crippen molar-refractivity contribution in [2.45, 2.75) is 43.0 Å². The molecule has 2 rings (SSSR count). The van der Waals surface area contributed by atoms with Crippen LogP contribution in [-0.2, 0) is 14.6 Å². The number of hydrogen-bond acceptors (Lipinski definition) is 3. The van der Waals surface area contributed by atoms with E-state index < -0.39 is 33.1 Å². The van der Waals surface area contributed by atoms with E-state index in [-0.39, 0.29) is 10.9 Å². The standard InChI is InChI=1S/C15H19F2NO3S/c1-18(11-5-3-2-4-6-11)15(19)10-22(20,21)12-7-8-13(16)14(17)9-12/h7-9,11H,2-6,10H2,1H3. The average Bonchev–Trinajstić information content (AvgIpc) is 2.49. The molecule has 0 atom stereocenters. The fourth-order valence-corrected chi connectivity index (χ4v) is 3.94. The highest BCUT2D eigenvalue weighted by atomic mass is 32.2. The van der Waals surface area contributed by atoms with Gasteiger partial charge >= 0.3 is 0 Å². The van der Waals surface area contributed by atoms with Gasteiger partial charge < -0.3 is 4.90 Å². The summed E-state index contributed by atoms with van der Waals surface area (Å²) in [5.41, 5.74) is 0. The van der Waals surface area contributed by atoms with E-state index in [0.717, 1.165) is 44.2 Å². The summed E-state index contributed by atoms with van der Waals surface area (Å²) in [5.74, 6) is -3.61. The van der Waals surface area contributed by atoms with Crippen LogP contribution in [0, 0.1) is 11.6 Å². The first-order valence-corrected chi connectivity index (χ1v) is 8.90. The highest BCUT2D eigenvalue weighted by Crippen LogP contribution is 2.22. The molecule has 1 aromatic rings. The average molecular weight is 331 g/mol. The van der Waals surface area contributed by atoms with Gasteiger partial charge in [-0.05, 0) is 31.0 Å². The van der Waals surface area contributed by atoms with Crippen molar-refractivity contribution in [3.05, 3.63) is 29.8 Å². The molecule has 0 aliphatic heterocycles. The lowest BCUT2D eigenvalue weighted by Gasteiger charge is -2.31. The van der Waals surface area contributed by atoms with Gasteiger partial charge in [0.2, 0.25) is 5.91 Å². The number of amides is 1. The third-order valence-corrected chi connectivity index (χ3v) is 5.68. The Morgan fingerprint density at radius 1 is 1.18 bits per heavy atom. The number of rotatable bonds is 4. The Bertz CT molecular complexity index is 655. The fraction of sp³-hybridized carbons (Fsp3) is 0.533. The maximum absolute atomic E-state index is 13.2. The minimum absolute atomic E-state index is 0.0569. The minimum Gasteiger partial charge on any atom is -0.342 e. The van der Waals surface area contributed by atoms with E-state index in [0.29, 0.717) is 6.07 Å². The molecule has 0 N–H and O–H groups in total. The molecule has 0 saturated heterocycles. The summed E-state index contributed by atoms with van der Waals surface area (Å²) in [5, 5.41) is 0. The molecule has 1 aliphatic carbocycles. The summed E-state index contributed by atoms with van der Waals surface area (Å²) in [6, 6.07) is 2.39. The molecule has 0 bridgehead atoms. The molecule has 7 heteroatoms. The number of halogens is 2. The lowest BCUT2D eigenvalue weighted by atomic mass is 9.94. The predicted molar refractivity (Wildman–Crippen MR) is 78.1 cm³/mol. The first kappa shape index (κ1) is 16.9. The maximum Gasteiger partial charge on any atom is 0.238 e. The van der Waals surface area contributed by atoms with E-state index in [1.165, 1.54) is 4.90 Å². The zero-order chi connectivity index (χ0) is 16.3. The number of sulfone groups is 1. The summed E-state index contributed by atoms with van der Waals surface area (Å²) in [6.07, 6.45) is 4.92. The molecule has 1 aliphatic rings. The molecule has 0 radical (unpaired) electrons. The predicted octanol–water partition coefficient (Wildman–Crippen LogP) is 2.53. The molecule has 4 nitrogen and oxygen atoms in total. The van der Waals surface area contributed by atoms with Gasteiger partial charge in [0, 0.05) is 13.1 Å². The molecule has 1 amide bonds. The maximum atomic E-state index is 13.2. The normalized spacial score (nSPS) is 16.5. The van der Waals surface area contributed by atoms with E-state index >= 15 is 0 Å². The van der Waals surface area contributed by atoms with Crippen LogP contribution in [0.4, 0.5) is 8.78 Å². The minimum atomic E-state index is -3.98. The van der Waals surface area contributed by atoms with Crippen LogP contribution in [0.1, 0.15) is 32.1 Å². The van der Waals surface area contributed by atoms with Crippen LogP contribution in [0.15, 0.2) is 23.1 Å². The van der Waals surface area contributed by atoms with E-state index in [2.05, 4.69) is 0 Å². The third kappa shape index (κ3) is 3.82. The molecule has 1 fully saturated rings. The van der Waals surface area contributed by atoms with Gasteiger partial charge in [0.15, 0.2) is 21.5 Å². The number of hydrogen-bond donors (Lipinski definition) is 0. The zero-order valence-electron chi connectivity index (χ0n) is 12.4. The Kier molecular flexibility index (Phi) is 5.16. The van der Waals surface area contributed by atoms with Gasteiger partial charge in [-0.2, -0.15) is 0 Å². The zero-order valence-corrected chi connectivity index (χ0v) is 13.2. The van der Waals surface area contributed by atoms with E-state index in [1.807, 2.05) is 0 Å². The monoisotopic (exact) mass is 331 g/mol. The molecule has 0 aromatic heterocycles. The number of carbonyl (C=O) groups is 1. The first-order valence-electron chi connectivity index (χ1n) is 7.25. The number of nitrogens with zero attached hydrogens (tertiary/aromatic N) is 1. The highest BCUT2D eigenvalue weighted by molar-refractivity contribution is 7.92. The van der Waals surface area contributed by atoms with Crippen molar-refractivity contribution in [3.8, 4) is 0 Å². The summed E-state index contributed by atoms with van der Waals surface area (Å²) >= 11 is 0. The summed E-state index contributed by atoms with van der Waals surface area (Å²) in [6.45, 7) is 0. The van der Waals surface area contributed by atoms with Crippen molar-refractivity contribution >= 4 is 15.7 Å². The Hall–Kier alpha value is -1.50. The number of benzene rings is 1. The molecule has 22 heavy (non-hydrogen) atoms. The second kappa shape index (κ2) is 6.73. The molecule has 0 heterocycles. The third-order valence-electron chi connectivity index (χ3n) is 4.08. The molecule has 0 unspecified atom stereocenters. The van der Waals surface area contributed by atoms with Crippen LogP contribution in [-0.4, -0.2) is 38.1 Å². The van der Waals surface area contributed by atoms with Crippen molar-refractivity contribution in [2.24, 2.45) is 0 Å². The molecule has 1 aromatic carbocycles. The largest absolute Gasteiger partial charge is 0.342 e. The van der Waals surface area contributed by atoms with Gasteiger partial charge in [0.25, 0.3) is 0 Å². The van der Waals surface area contributed by atoms with Crippen molar-refractivity contribution < 1.29 is 22.0 Å². The van der Waals surface area contributed by atoms with Crippen LogP contribution in [0.25, 0.3) is 0 Å². The SMILES string of the molecule is CN(C(=O)CS(=O)(=O)c1ccc(F)c(F)c1)C1CCCCC1. The van der Waals surface area contributed by atoms with Gasteiger partial charge in [0.05, 0.1) is 4.90 Å². The van der Waals surface area contributed by atoms with Gasteiger partial charge in [0.1, 0.15) is 5.75 Å². The Morgan fingerprint density at radius 3 is 2.41 bits per heavy atom. The van der Waals surface area contributed by atoms with E-state index in [4.69, 9.17) is 0 Å². The Labute approximate surface area is 129 Å². The van der Waals surface area contributed by atoms with Crippen molar-refractivity contribution in [1.29, 1.82) is 0 Å². The molecular formula is C15H19F2NO3S. The summed E-state index contributed by atoms with van der Waals surface area (Å²) < 4.78 is 50.4. The molecule has 1 saturated carbocycles. The quantitative estimate of drug-likeness (QED) is 0.797. The van der Waals surface area contributed by atoms with Crippen molar-refractivity contribution in [1.82, 2.24) is 4.90 Å². The van der Waals surface area contributed by atoms with Gasteiger partial charge in [-0.3, -0.25) is 4.79 Å². The van der Waals surface area contributed by atoms with E-state index in [1.54, 1.807) is 7.05 Å². The van der Waals surface area contributed by atoms with E-state index in [9.17, 15) is 22.0 Å². The second-order valence-electron chi connectivity index (χ2n) is 5.63. The van der Waals surface area contributed by atoms with Crippen LogP contribution < -0.4 is 0 Å². The van der Waals surface area contributed by atoms with Gasteiger partial charge in [-0.25, -0.2) is 17.2 Å². The summed E-state index contributed by atoms with van der Waals surface area (Å²) in [4.78, 5) is 13.3. The van der Waals surface area contributed by atoms with Crippen LogP contribution in [0.3, 0.4) is 0 Å². The first-order chi connectivity index (χ1) is 10.3. The molecule has 0 spiro atoms. The molecule has 122 valence electrons. The fourth-order valence-electron chi connectivity index (χ4n) is 2.69. The lowest BCUT2D eigenvalue weighted by Crippen LogP contribution is -2.41. The second-order valence-corrected chi connectivity index (χ2v) is 7.62. The summed E-state index contributed by atoms with van der Waals surface area (Å²) in [7, 11) is -2.38. The number of carbonyl (C=O) groups excluding carboxylic acids is 1. The topological polar surface area (TPSA) is 54.5 Å². The van der Waals surface area contributed by atoms with Crippen LogP contribution >= 0.6 is 0 Å². The van der Waals surface area contributed by atoms with Crippen molar-refractivity contribution in [2.75, 3.05) is 12.8 Å². The van der Waals surface area contributed by atoms with Crippen molar-refractivity contribution in [3.63, 3.8) is 0 Å². The van der Waals surface area contributed by atoms with Gasteiger partial charge in [-0.1, -0.05) is 19.3 Å². The lowest BCUT2D eigenvalue weighted by molar-refractivity contribution is -0.129. The van der Waals surface area contributed by atoms with Crippen LogP contribution in [0.5, 0.6) is 0 Å². The van der Waals surface area contributed by atoms with Crippen LogP contribution in [0.2, 0.25) is 0 Å².